The van der Waals surface area contributed by atoms with Crippen LogP contribution in [0.3, 0.4) is 0 Å². The molecule has 0 aliphatic carbocycles. The highest BCUT2D eigenvalue weighted by Gasteiger charge is 2.23. The summed E-state index contributed by atoms with van der Waals surface area (Å²) in [5.74, 6) is 0.222. The number of amides is 1. The van der Waals surface area contributed by atoms with Gasteiger partial charge < -0.3 is 15.7 Å². The van der Waals surface area contributed by atoms with Crippen molar-refractivity contribution in [2.75, 3.05) is 19.7 Å². The van der Waals surface area contributed by atoms with Crippen molar-refractivity contribution >= 4 is 5.91 Å². The number of likely N-dealkylation sites (tertiary alicyclic amines) is 1. The molecule has 1 unspecified atom stereocenters. The van der Waals surface area contributed by atoms with Crippen LogP contribution in [0.1, 0.15) is 18.5 Å². The van der Waals surface area contributed by atoms with Gasteiger partial charge in [0.2, 0.25) is 5.91 Å². The minimum absolute atomic E-state index is 0.0154. The number of hydrogen-bond acceptors (Lipinski definition) is 5. The second-order valence-electron chi connectivity index (χ2n) is 4.64. The van der Waals surface area contributed by atoms with Gasteiger partial charge in [-0.3, -0.25) is 4.79 Å². The van der Waals surface area contributed by atoms with Crippen LogP contribution in [-0.2, 0) is 17.9 Å². The first-order chi connectivity index (χ1) is 8.72. The maximum atomic E-state index is 12.1. The van der Waals surface area contributed by atoms with Crippen molar-refractivity contribution in [2.45, 2.75) is 25.9 Å². The van der Waals surface area contributed by atoms with Crippen LogP contribution in [0, 0.1) is 5.92 Å². The third kappa shape index (κ3) is 3.05. The van der Waals surface area contributed by atoms with Crippen molar-refractivity contribution in [1.29, 1.82) is 0 Å². The van der Waals surface area contributed by atoms with Crippen LogP contribution >= 0.6 is 0 Å². The molecule has 1 amide bonds. The molecule has 1 fully saturated rings. The van der Waals surface area contributed by atoms with Gasteiger partial charge >= 0.3 is 0 Å². The van der Waals surface area contributed by atoms with Gasteiger partial charge in [0.15, 0.2) is 0 Å². The van der Waals surface area contributed by atoms with Crippen LogP contribution in [0.4, 0.5) is 0 Å². The van der Waals surface area contributed by atoms with E-state index in [1.807, 2.05) is 0 Å². The number of hydrogen-bond donors (Lipinski definition) is 2. The Labute approximate surface area is 106 Å². The molecule has 0 radical (unpaired) electrons. The molecule has 1 saturated heterocycles. The van der Waals surface area contributed by atoms with Gasteiger partial charge in [-0.2, -0.15) is 0 Å². The molecule has 7 heteroatoms. The van der Waals surface area contributed by atoms with Crippen molar-refractivity contribution in [3.63, 3.8) is 0 Å². The Morgan fingerprint density at radius 3 is 3.11 bits per heavy atom. The summed E-state index contributed by atoms with van der Waals surface area (Å²) < 4.78 is 1.51. The molecular weight excluding hydrogens is 234 g/mol. The molecule has 1 aromatic rings. The molecule has 0 bridgehead atoms. The van der Waals surface area contributed by atoms with E-state index >= 15 is 0 Å². The summed E-state index contributed by atoms with van der Waals surface area (Å²) in [6, 6.07) is 0. The minimum Gasteiger partial charge on any atom is -0.396 e. The topological polar surface area (TPSA) is 97.3 Å². The zero-order valence-electron chi connectivity index (χ0n) is 10.3. The molecule has 2 rings (SSSR count). The van der Waals surface area contributed by atoms with E-state index in [4.69, 9.17) is 10.8 Å². The highest BCUT2D eigenvalue weighted by molar-refractivity contribution is 5.76. The second kappa shape index (κ2) is 5.92. The third-order valence-corrected chi connectivity index (χ3v) is 3.22. The predicted octanol–water partition coefficient (Wildman–Crippen LogP) is -1.03. The number of carbonyl (C=O) groups excluding carboxylic acids is 1. The molecule has 1 atom stereocenters. The molecule has 0 saturated carbocycles. The van der Waals surface area contributed by atoms with Gasteiger partial charge in [0.25, 0.3) is 0 Å². The average molecular weight is 253 g/mol. The van der Waals surface area contributed by atoms with Gasteiger partial charge in [0.05, 0.1) is 11.9 Å². The van der Waals surface area contributed by atoms with Crippen molar-refractivity contribution in [3.8, 4) is 0 Å². The van der Waals surface area contributed by atoms with Gasteiger partial charge in [-0.1, -0.05) is 5.21 Å². The van der Waals surface area contributed by atoms with Gasteiger partial charge in [0, 0.05) is 26.2 Å². The van der Waals surface area contributed by atoms with Gasteiger partial charge in [-0.15, -0.1) is 5.10 Å². The number of aliphatic hydroxyl groups excluding tert-OH is 1. The van der Waals surface area contributed by atoms with Crippen molar-refractivity contribution in [3.05, 3.63) is 11.9 Å². The normalized spacial score (nSPS) is 20.1. The highest BCUT2D eigenvalue weighted by atomic mass is 16.3. The van der Waals surface area contributed by atoms with Crippen LogP contribution in [0.2, 0.25) is 0 Å². The summed E-state index contributed by atoms with van der Waals surface area (Å²) in [5.41, 5.74) is 6.11. The Morgan fingerprint density at radius 1 is 1.61 bits per heavy atom. The Bertz CT molecular complexity index is 406. The summed E-state index contributed by atoms with van der Waals surface area (Å²) in [5, 5.41) is 16.8. The monoisotopic (exact) mass is 253 g/mol. The van der Waals surface area contributed by atoms with E-state index in [1.54, 1.807) is 11.1 Å². The molecular formula is C11H19N5O2. The zero-order chi connectivity index (χ0) is 13.0. The van der Waals surface area contributed by atoms with E-state index in [-0.39, 0.29) is 25.0 Å². The summed E-state index contributed by atoms with van der Waals surface area (Å²) >= 11 is 0. The first-order valence-electron chi connectivity index (χ1n) is 6.20. The number of nitrogens with zero attached hydrogens (tertiary/aromatic N) is 4. The smallest absolute Gasteiger partial charge is 0.244 e. The maximum Gasteiger partial charge on any atom is 0.244 e. The number of aliphatic hydroxyl groups is 1. The molecule has 7 nitrogen and oxygen atoms in total. The fraction of sp³-hybridized carbons (Fsp3) is 0.727. The van der Waals surface area contributed by atoms with Crippen LogP contribution < -0.4 is 5.73 Å². The largest absolute Gasteiger partial charge is 0.396 e. The SMILES string of the molecule is NCc1cn(CC(=O)N2CCCC(CO)C2)nn1. The minimum atomic E-state index is 0.0154. The first kappa shape index (κ1) is 13.0. The van der Waals surface area contributed by atoms with Gasteiger partial charge in [0.1, 0.15) is 6.54 Å². The molecule has 1 aliphatic heterocycles. The first-order valence-corrected chi connectivity index (χ1v) is 6.20. The van der Waals surface area contributed by atoms with E-state index in [1.165, 1.54) is 4.68 Å². The Balaban J connectivity index is 1.90. The summed E-state index contributed by atoms with van der Waals surface area (Å²) in [6.45, 7) is 2.04. The van der Waals surface area contributed by atoms with Crippen molar-refractivity contribution < 1.29 is 9.90 Å². The number of rotatable bonds is 4. The molecule has 18 heavy (non-hydrogen) atoms. The fourth-order valence-electron chi connectivity index (χ4n) is 2.19. The quantitative estimate of drug-likeness (QED) is 0.715. The van der Waals surface area contributed by atoms with Crippen molar-refractivity contribution in [1.82, 2.24) is 19.9 Å². The molecule has 1 aliphatic rings. The fourth-order valence-corrected chi connectivity index (χ4v) is 2.19. The zero-order valence-corrected chi connectivity index (χ0v) is 10.3. The van der Waals surface area contributed by atoms with E-state index in [0.29, 0.717) is 18.8 Å². The number of aromatic nitrogens is 3. The lowest BCUT2D eigenvalue weighted by Gasteiger charge is -2.31. The van der Waals surface area contributed by atoms with Gasteiger partial charge in [-0.25, -0.2) is 4.68 Å². The summed E-state index contributed by atoms with van der Waals surface area (Å²) in [4.78, 5) is 13.8. The Morgan fingerprint density at radius 2 is 2.44 bits per heavy atom. The van der Waals surface area contributed by atoms with E-state index in [2.05, 4.69) is 10.3 Å². The van der Waals surface area contributed by atoms with Gasteiger partial charge in [-0.05, 0) is 18.8 Å². The number of nitrogens with two attached hydrogens (primary N) is 1. The predicted molar refractivity (Wildman–Crippen MR) is 64.3 cm³/mol. The molecule has 2 heterocycles. The molecule has 3 N–H and O–H groups in total. The lowest BCUT2D eigenvalue weighted by Crippen LogP contribution is -2.42. The number of piperidine rings is 1. The highest BCUT2D eigenvalue weighted by Crippen LogP contribution is 2.16. The second-order valence-corrected chi connectivity index (χ2v) is 4.64. The Kier molecular flexibility index (Phi) is 4.27. The lowest BCUT2D eigenvalue weighted by atomic mass is 9.99. The van der Waals surface area contributed by atoms with Crippen molar-refractivity contribution in [2.24, 2.45) is 11.7 Å². The average Bonchev–Trinajstić information content (AvgIpc) is 2.86. The maximum absolute atomic E-state index is 12.1. The van der Waals surface area contributed by atoms with E-state index in [0.717, 1.165) is 19.4 Å². The summed E-state index contributed by atoms with van der Waals surface area (Å²) in [6.07, 6.45) is 3.62. The van der Waals surface area contributed by atoms with Crippen LogP contribution in [0.5, 0.6) is 0 Å². The summed E-state index contributed by atoms with van der Waals surface area (Å²) in [7, 11) is 0. The van der Waals surface area contributed by atoms with E-state index in [9.17, 15) is 4.79 Å². The Hall–Kier alpha value is -1.47. The molecule has 0 spiro atoms. The molecule has 1 aromatic heterocycles. The lowest BCUT2D eigenvalue weighted by molar-refractivity contribution is -0.134. The standard InChI is InChI=1S/C11H19N5O2/c12-4-10-6-16(14-13-10)7-11(18)15-3-1-2-9(5-15)8-17/h6,9,17H,1-5,7-8,12H2. The third-order valence-electron chi connectivity index (χ3n) is 3.22. The van der Waals surface area contributed by atoms with E-state index < -0.39 is 0 Å². The number of carbonyl (C=O) groups is 1. The van der Waals surface area contributed by atoms with Crippen LogP contribution in [0.25, 0.3) is 0 Å². The van der Waals surface area contributed by atoms with Crippen LogP contribution in [0.15, 0.2) is 6.20 Å². The van der Waals surface area contributed by atoms with Crippen LogP contribution in [-0.4, -0.2) is 50.6 Å². The molecule has 0 aromatic carbocycles. The molecule has 100 valence electrons.